The van der Waals surface area contributed by atoms with Crippen LogP contribution in [0.15, 0.2) is 23.0 Å². The van der Waals surface area contributed by atoms with Crippen molar-refractivity contribution < 1.29 is 4.79 Å². The van der Waals surface area contributed by atoms with Gasteiger partial charge in [-0.25, -0.2) is 0 Å². The van der Waals surface area contributed by atoms with Crippen LogP contribution < -0.4 is 10.9 Å². The van der Waals surface area contributed by atoms with Gasteiger partial charge in [0.15, 0.2) is 0 Å². The van der Waals surface area contributed by atoms with E-state index in [0.29, 0.717) is 12.2 Å². The first-order valence-corrected chi connectivity index (χ1v) is 7.22. The first-order valence-electron chi connectivity index (χ1n) is 6.10. The largest absolute Gasteiger partial charge is 0.350 e. The van der Waals surface area contributed by atoms with E-state index >= 15 is 0 Å². The van der Waals surface area contributed by atoms with Gasteiger partial charge in [0.1, 0.15) is 5.69 Å². The van der Waals surface area contributed by atoms with Gasteiger partial charge < -0.3 is 10.3 Å². The second-order valence-corrected chi connectivity index (χ2v) is 5.01. The monoisotopic (exact) mass is 314 g/mol. The Hall–Kier alpha value is -1.10. The van der Waals surface area contributed by atoms with Crippen molar-refractivity contribution in [1.82, 2.24) is 10.3 Å². The first-order chi connectivity index (χ1) is 8.56. The summed E-state index contributed by atoms with van der Waals surface area (Å²) in [6.45, 7) is 4.82. The number of amides is 1. The predicted octanol–water partition coefficient (Wildman–Crippen LogP) is 2.31. The highest BCUT2D eigenvalue weighted by Gasteiger charge is 2.25. The van der Waals surface area contributed by atoms with Gasteiger partial charge in [-0.05, 0) is 24.3 Å². The van der Waals surface area contributed by atoms with E-state index in [-0.39, 0.29) is 16.9 Å². The molecule has 5 heteroatoms. The third-order valence-electron chi connectivity index (χ3n) is 3.42. The first kappa shape index (κ1) is 15.0. The van der Waals surface area contributed by atoms with E-state index in [4.69, 9.17) is 0 Å². The summed E-state index contributed by atoms with van der Waals surface area (Å²) >= 11 is 3.50. The molecule has 0 aromatic carbocycles. The van der Waals surface area contributed by atoms with Gasteiger partial charge in [0.05, 0.1) is 0 Å². The van der Waals surface area contributed by atoms with Crippen molar-refractivity contribution in [3.63, 3.8) is 0 Å². The van der Waals surface area contributed by atoms with E-state index < -0.39 is 0 Å². The van der Waals surface area contributed by atoms with Crippen LogP contribution in [0.1, 0.15) is 37.2 Å². The molecule has 4 nitrogen and oxygen atoms in total. The van der Waals surface area contributed by atoms with Crippen molar-refractivity contribution in [3.05, 3.63) is 34.2 Å². The number of aromatic nitrogens is 1. The van der Waals surface area contributed by atoms with Gasteiger partial charge in [-0.1, -0.05) is 35.8 Å². The summed E-state index contributed by atoms with van der Waals surface area (Å²) in [5.41, 5.74) is 0.114. The van der Waals surface area contributed by atoms with Gasteiger partial charge >= 0.3 is 0 Å². The summed E-state index contributed by atoms with van der Waals surface area (Å²) in [6, 6.07) is 4.56. The average molecular weight is 315 g/mol. The lowest BCUT2D eigenvalue weighted by Crippen LogP contribution is -2.38. The van der Waals surface area contributed by atoms with Crippen LogP contribution in [0.25, 0.3) is 0 Å². The van der Waals surface area contributed by atoms with E-state index in [2.05, 4.69) is 40.1 Å². The van der Waals surface area contributed by atoms with Crippen molar-refractivity contribution in [2.24, 2.45) is 5.41 Å². The summed E-state index contributed by atoms with van der Waals surface area (Å²) in [6.07, 6.45) is 1.97. The fourth-order valence-electron chi connectivity index (χ4n) is 1.68. The summed E-state index contributed by atoms with van der Waals surface area (Å²) in [5, 5.41) is 3.73. The fraction of sp³-hybridized carbons (Fsp3) is 0.538. The molecule has 18 heavy (non-hydrogen) atoms. The van der Waals surface area contributed by atoms with Gasteiger partial charge in [-0.2, -0.15) is 0 Å². The Morgan fingerprint density at radius 3 is 2.56 bits per heavy atom. The fourth-order valence-corrected chi connectivity index (χ4v) is 2.67. The quantitative estimate of drug-likeness (QED) is 0.791. The smallest absolute Gasteiger partial charge is 0.267 e. The third kappa shape index (κ3) is 3.70. The molecule has 0 bridgehead atoms. The van der Waals surface area contributed by atoms with E-state index in [1.165, 1.54) is 6.07 Å². The van der Waals surface area contributed by atoms with Gasteiger partial charge in [0.2, 0.25) is 5.56 Å². The highest BCUT2D eigenvalue weighted by molar-refractivity contribution is 9.09. The number of halogens is 1. The van der Waals surface area contributed by atoms with Gasteiger partial charge in [-0.3, -0.25) is 9.59 Å². The molecule has 1 heterocycles. The number of alkyl halides is 1. The molecule has 0 saturated heterocycles. The molecule has 100 valence electrons. The Morgan fingerprint density at radius 2 is 2.06 bits per heavy atom. The number of nitrogens with one attached hydrogen (secondary N) is 2. The molecule has 0 spiro atoms. The van der Waals surface area contributed by atoms with Crippen molar-refractivity contribution in [3.8, 4) is 0 Å². The highest BCUT2D eigenvalue weighted by atomic mass is 79.9. The van der Waals surface area contributed by atoms with Crippen LogP contribution in [0, 0.1) is 5.41 Å². The number of carbonyl (C=O) groups is 1. The molecule has 0 unspecified atom stereocenters. The Kier molecular flexibility index (Phi) is 5.59. The molecule has 1 aromatic rings. The van der Waals surface area contributed by atoms with E-state index in [1.54, 1.807) is 12.1 Å². The molecule has 1 aromatic heterocycles. The maximum absolute atomic E-state index is 11.9. The Balaban J connectivity index is 2.69. The molecular formula is C13H19BrN2O2. The second-order valence-electron chi connectivity index (χ2n) is 4.45. The van der Waals surface area contributed by atoms with Crippen LogP contribution >= 0.6 is 15.9 Å². The van der Waals surface area contributed by atoms with E-state index in [0.717, 1.165) is 18.2 Å². The lowest BCUT2D eigenvalue weighted by atomic mass is 9.84. The zero-order valence-corrected chi connectivity index (χ0v) is 12.3. The van der Waals surface area contributed by atoms with Crippen LogP contribution in [-0.2, 0) is 0 Å². The number of aromatic amines is 1. The number of hydrogen-bond acceptors (Lipinski definition) is 2. The number of pyridine rings is 1. The van der Waals surface area contributed by atoms with Gasteiger partial charge in [0, 0.05) is 17.9 Å². The second kappa shape index (κ2) is 6.73. The maximum Gasteiger partial charge on any atom is 0.267 e. The van der Waals surface area contributed by atoms with E-state index in [9.17, 15) is 9.59 Å². The minimum absolute atomic E-state index is 0.0741. The van der Waals surface area contributed by atoms with E-state index in [1.807, 2.05) is 0 Å². The lowest BCUT2D eigenvalue weighted by molar-refractivity contribution is 0.0927. The minimum atomic E-state index is -0.264. The van der Waals surface area contributed by atoms with Crippen molar-refractivity contribution >= 4 is 21.8 Å². The molecule has 0 atom stereocenters. The number of hydrogen-bond donors (Lipinski definition) is 2. The molecule has 0 aliphatic rings. The molecule has 1 rings (SSSR count). The Bertz CT molecular complexity index is 444. The molecule has 0 radical (unpaired) electrons. The molecule has 1 amide bonds. The lowest BCUT2D eigenvalue weighted by Gasteiger charge is -2.29. The maximum atomic E-state index is 11.9. The topological polar surface area (TPSA) is 62.0 Å². The van der Waals surface area contributed by atoms with Crippen LogP contribution in [0.4, 0.5) is 0 Å². The molecular weight excluding hydrogens is 296 g/mol. The zero-order chi connectivity index (χ0) is 13.6. The predicted molar refractivity (Wildman–Crippen MR) is 76.2 cm³/mol. The molecule has 0 aliphatic heterocycles. The zero-order valence-electron chi connectivity index (χ0n) is 10.8. The van der Waals surface area contributed by atoms with Crippen LogP contribution in [0.3, 0.4) is 0 Å². The Morgan fingerprint density at radius 1 is 1.39 bits per heavy atom. The summed E-state index contributed by atoms with van der Waals surface area (Å²) in [7, 11) is 0. The summed E-state index contributed by atoms with van der Waals surface area (Å²) < 4.78 is 0. The Labute approximate surface area is 115 Å². The number of carbonyl (C=O) groups excluding carboxylic acids is 1. The third-order valence-corrected chi connectivity index (χ3v) is 4.61. The molecule has 0 aliphatic carbocycles. The number of H-pyrrole nitrogens is 1. The SMILES string of the molecule is CCC(CC)(CBr)CNC(=O)c1cccc(=O)[nH]1. The normalized spacial score (nSPS) is 11.3. The average Bonchev–Trinajstić information content (AvgIpc) is 2.40. The van der Waals surface area contributed by atoms with Gasteiger partial charge in [-0.15, -0.1) is 0 Å². The number of rotatable bonds is 6. The molecule has 2 N–H and O–H groups in total. The highest BCUT2D eigenvalue weighted by Crippen LogP contribution is 2.27. The summed E-state index contributed by atoms with van der Waals surface area (Å²) in [4.78, 5) is 25.5. The van der Waals surface area contributed by atoms with Crippen LogP contribution in [0.5, 0.6) is 0 Å². The van der Waals surface area contributed by atoms with Crippen molar-refractivity contribution in [2.45, 2.75) is 26.7 Å². The van der Waals surface area contributed by atoms with Crippen molar-refractivity contribution in [1.29, 1.82) is 0 Å². The minimum Gasteiger partial charge on any atom is -0.350 e. The van der Waals surface area contributed by atoms with Gasteiger partial charge in [0.25, 0.3) is 5.91 Å². The molecule has 0 saturated carbocycles. The standard InChI is InChI=1S/C13H19BrN2O2/c1-3-13(4-2,8-14)9-15-12(18)10-6-5-7-11(17)16-10/h5-7H,3-4,8-9H2,1-2H3,(H,15,18)(H,16,17). The molecule has 0 fully saturated rings. The van der Waals surface area contributed by atoms with Crippen molar-refractivity contribution in [2.75, 3.05) is 11.9 Å². The van der Waals surface area contributed by atoms with Crippen LogP contribution in [-0.4, -0.2) is 22.8 Å². The van der Waals surface area contributed by atoms with Crippen LogP contribution in [0.2, 0.25) is 0 Å². The summed E-state index contributed by atoms with van der Waals surface area (Å²) in [5.74, 6) is -0.236.